The molecule has 0 radical (unpaired) electrons. The van der Waals surface area contributed by atoms with Crippen LogP contribution >= 0.6 is 0 Å². The van der Waals surface area contributed by atoms with E-state index in [4.69, 9.17) is 9.97 Å². The van der Waals surface area contributed by atoms with Gasteiger partial charge in [-0.15, -0.1) is 0 Å². The van der Waals surface area contributed by atoms with E-state index in [9.17, 15) is 0 Å². The molecule has 0 aliphatic carbocycles. The van der Waals surface area contributed by atoms with Crippen molar-refractivity contribution in [2.24, 2.45) is 5.92 Å². The third-order valence-electron chi connectivity index (χ3n) is 5.31. The maximum atomic E-state index is 4.75. The van der Waals surface area contributed by atoms with Crippen LogP contribution in [0.25, 0.3) is 0 Å². The molecule has 0 saturated carbocycles. The van der Waals surface area contributed by atoms with Crippen LogP contribution in [0.2, 0.25) is 0 Å². The molecular formula is C18H30N4. The summed E-state index contributed by atoms with van der Waals surface area (Å²) in [5, 5.41) is 0. The first kappa shape index (κ1) is 15.6. The summed E-state index contributed by atoms with van der Waals surface area (Å²) in [6.07, 6.45) is 7.71. The number of anilines is 2. The number of hydrogen-bond acceptors (Lipinski definition) is 4. The van der Waals surface area contributed by atoms with Gasteiger partial charge in [-0.1, -0.05) is 13.8 Å². The smallest absolute Gasteiger partial charge is 0.134 e. The summed E-state index contributed by atoms with van der Waals surface area (Å²) in [4.78, 5) is 14.4. The first-order valence-corrected chi connectivity index (χ1v) is 9.04. The van der Waals surface area contributed by atoms with Gasteiger partial charge in [-0.3, -0.25) is 0 Å². The van der Waals surface area contributed by atoms with E-state index in [1.54, 1.807) is 0 Å². The highest BCUT2D eigenvalue weighted by atomic mass is 15.3. The molecule has 1 atom stereocenters. The highest BCUT2D eigenvalue weighted by Gasteiger charge is 2.24. The molecule has 1 unspecified atom stereocenters. The van der Waals surface area contributed by atoms with Crippen molar-refractivity contribution in [3.8, 4) is 0 Å². The fourth-order valence-corrected chi connectivity index (χ4v) is 3.81. The average molecular weight is 302 g/mol. The van der Waals surface area contributed by atoms with Crippen LogP contribution in [0.3, 0.4) is 0 Å². The summed E-state index contributed by atoms with van der Waals surface area (Å²) in [6, 6.07) is 2.88. The van der Waals surface area contributed by atoms with Crippen molar-refractivity contribution >= 4 is 11.6 Å². The van der Waals surface area contributed by atoms with Crippen molar-refractivity contribution in [2.75, 3.05) is 29.4 Å². The number of piperidine rings is 2. The van der Waals surface area contributed by atoms with E-state index >= 15 is 0 Å². The van der Waals surface area contributed by atoms with Gasteiger partial charge >= 0.3 is 0 Å². The monoisotopic (exact) mass is 302 g/mol. The Labute approximate surface area is 134 Å². The number of nitrogens with zero attached hydrogens (tertiary/aromatic N) is 4. The summed E-state index contributed by atoms with van der Waals surface area (Å²) in [6.45, 7) is 10.1. The minimum atomic E-state index is 0.650. The lowest BCUT2D eigenvalue weighted by molar-refractivity contribution is 0.435. The standard InChI is InChI=1S/C18H30N4/c1-4-16-7-5-6-10-22(16)18-13-17(19-15(3)20-18)21-11-8-14(2)9-12-21/h13-14,16H,4-12H2,1-3H3. The third-order valence-corrected chi connectivity index (χ3v) is 5.31. The van der Waals surface area contributed by atoms with Crippen LogP contribution in [-0.2, 0) is 0 Å². The van der Waals surface area contributed by atoms with Crippen LogP contribution in [-0.4, -0.2) is 35.6 Å². The molecule has 0 N–H and O–H groups in total. The number of aryl methyl sites for hydroxylation is 1. The van der Waals surface area contributed by atoms with Gasteiger partial charge < -0.3 is 9.80 Å². The molecule has 1 aromatic rings. The van der Waals surface area contributed by atoms with E-state index in [2.05, 4.69) is 29.7 Å². The lowest BCUT2D eigenvalue weighted by Crippen LogP contribution is -2.40. The van der Waals surface area contributed by atoms with Crippen LogP contribution in [0.5, 0.6) is 0 Å². The average Bonchev–Trinajstić information content (AvgIpc) is 2.55. The molecule has 0 bridgehead atoms. The highest BCUT2D eigenvalue weighted by molar-refractivity contribution is 5.52. The second kappa shape index (κ2) is 6.84. The van der Waals surface area contributed by atoms with E-state index < -0.39 is 0 Å². The number of rotatable bonds is 3. The Morgan fingerprint density at radius 3 is 2.50 bits per heavy atom. The van der Waals surface area contributed by atoms with Crippen LogP contribution in [0, 0.1) is 12.8 Å². The van der Waals surface area contributed by atoms with Crippen LogP contribution in [0.4, 0.5) is 11.6 Å². The van der Waals surface area contributed by atoms with E-state index in [1.165, 1.54) is 38.5 Å². The second-order valence-corrected chi connectivity index (χ2v) is 7.05. The molecular weight excluding hydrogens is 272 g/mol. The molecule has 2 fully saturated rings. The van der Waals surface area contributed by atoms with Crippen molar-refractivity contribution in [2.45, 2.75) is 65.3 Å². The SMILES string of the molecule is CCC1CCCCN1c1cc(N2CCC(C)CC2)nc(C)n1. The van der Waals surface area contributed by atoms with Crippen molar-refractivity contribution in [1.82, 2.24) is 9.97 Å². The van der Waals surface area contributed by atoms with E-state index in [0.29, 0.717) is 6.04 Å². The molecule has 0 aromatic carbocycles. The van der Waals surface area contributed by atoms with Crippen LogP contribution in [0.15, 0.2) is 6.07 Å². The Kier molecular flexibility index (Phi) is 4.84. The molecule has 2 saturated heterocycles. The molecule has 122 valence electrons. The molecule has 1 aromatic heterocycles. The van der Waals surface area contributed by atoms with Gasteiger partial charge in [0, 0.05) is 31.7 Å². The van der Waals surface area contributed by atoms with Crippen LogP contribution in [0.1, 0.15) is 58.2 Å². The summed E-state index contributed by atoms with van der Waals surface area (Å²) in [7, 11) is 0. The normalized spacial score (nSPS) is 23.9. The molecule has 3 rings (SSSR count). The van der Waals surface area contributed by atoms with Gasteiger partial charge in [-0.05, 0) is 51.4 Å². The van der Waals surface area contributed by atoms with E-state index in [0.717, 1.165) is 43.0 Å². The maximum absolute atomic E-state index is 4.75. The number of aromatic nitrogens is 2. The lowest BCUT2D eigenvalue weighted by Gasteiger charge is -2.37. The summed E-state index contributed by atoms with van der Waals surface area (Å²) >= 11 is 0. The van der Waals surface area contributed by atoms with E-state index in [1.807, 2.05) is 6.92 Å². The molecule has 3 heterocycles. The lowest BCUT2D eigenvalue weighted by atomic mass is 9.99. The van der Waals surface area contributed by atoms with Crippen molar-refractivity contribution in [3.63, 3.8) is 0 Å². The predicted molar refractivity (Wildman–Crippen MR) is 92.7 cm³/mol. The zero-order chi connectivity index (χ0) is 15.5. The summed E-state index contributed by atoms with van der Waals surface area (Å²) in [5.74, 6) is 4.04. The summed E-state index contributed by atoms with van der Waals surface area (Å²) < 4.78 is 0. The zero-order valence-corrected chi connectivity index (χ0v) is 14.4. The van der Waals surface area contributed by atoms with Gasteiger partial charge in [0.1, 0.15) is 17.5 Å². The largest absolute Gasteiger partial charge is 0.356 e. The highest BCUT2D eigenvalue weighted by Crippen LogP contribution is 2.29. The Hall–Kier alpha value is -1.32. The van der Waals surface area contributed by atoms with Gasteiger partial charge in [-0.2, -0.15) is 0 Å². The van der Waals surface area contributed by atoms with Gasteiger partial charge in [-0.25, -0.2) is 9.97 Å². The minimum absolute atomic E-state index is 0.650. The quantitative estimate of drug-likeness (QED) is 0.850. The van der Waals surface area contributed by atoms with E-state index in [-0.39, 0.29) is 0 Å². The fourth-order valence-electron chi connectivity index (χ4n) is 3.81. The molecule has 0 amide bonds. The number of hydrogen-bond donors (Lipinski definition) is 0. The minimum Gasteiger partial charge on any atom is -0.356 e. The Morgan fingerprint density at radius 2 is 1.77 bits per heavy atom. The third kappa shape index (κ3) is 3.36. The fraction of sp³-hybridized carbons (Fsp3) is 0.778. The Balaban J connectivity index is 1.83. The van der Waals surface area contributed by atoms with Gasteiger partial charge in [0.05, 0.1) is 0 Å². The Bertz CT molecular complexity index is 494. The van der Waals surface area contributed by atoms with Gasteiger partial charge in [0.25, 0.3) is 0 Å². The molecule has 0 spiro atoms. The first-order chi connectivity index (χ1) is 10.7. The van der Waals surface area contributed by atoms with Gasteiger partial charge in [0.15, 0.2) is 0 Å². The van der Waals surface area contributed by atoms with Crippen molar-refractivity contribution in [1.29, 1.82) is 0 Å². The molecule has 4 nitrogen and oxygen atoms in total. The van der Waals surface area contributed by atoms with Crippen molar-refractivity contribution < 1.29 is 0 Å². The second-order valence-electron chi connectivity index (χ2n) is 7.05. The molecule has 22 heavy (non-hydrogen) atoms. The van der Waals surface area contributed by atoms with Gasteiger partial charge in [0.2, 0.25) is 0 Å². The summed E-state index contributed by atoms with van der Waals surface area (Å²) in [5.41, 5.74) is 0. The van der Waals surface area contributed by atoms with Crippen molar-refractivity contribution in [3.05, 3.63) is 11.9 Å². The van der Waals surface area contributed by atoms with Crippen LogP contribution < -0.4 is 9.80 Å². The zero-order valence-electron chi connectivity index (χ0n) is 14.4. The predicted octanol–water partition coefficient (Wildman–Crippen LogP) is 3.79. The molecule has 2 aliphatic rings. The first-order valence-electron chi connectivity index (χ1n) is 9.04. The molecule has 4 heteroatoms. The Morgan fingerprint density at radius 1 is 1.05 bits per heavy atom. The molecule has 2 aliphatic heterocycles. The maximum Gasteiger partial charge on any atom is 0.134 e. The topological polar surface area (TPSA) is 32.3 Å².